The van der Waals surface area contributed by atoms with Gasteiger partial charge in [-0.25, -0.2) is 5.43 Å². The van der Waals surface area contributed by atoms with Crippen LogP contribution in [0.25, 0.3) is 10.4 Å². The number of nitrogens with one attached hydrogen (secondary N) is 1. The molecule has 2 heterocycles. The van der Waals surface area contributed by atoms with Crippen molar-refractivity contribution in [2.24, 2.45) is 5.10 Å². The van der Waals surface area contributed by atoms with Crippen molar-refractivity contribution in [1.82, 2.24) is 10.3 Å². The number of benzene rings is 1. The van der Waals surface area contributed by atoms with Gasteiger partial charge >= 0.3 is 0 Å². The van der Waals surface area contributed by atoms with Crippen molar-refractivity contribution < 1.29 is 14.7 Å². The second-order valence-corrected chi connectivity index (χ2v) is 9.92. The first kappa shape index (κ1) is 25.2. The third-order valence-corrected chi connectivity index (χ3v) is 7.69. The van der Waals surface area contributed by atoms with Gasteiger partial charge in [0.2, 0.25) is 0 Å². The Balaban J connectivity index is 1.72. The van der Waals surface area contributed by atoms with Crippen LogP contribution in [0, 0.1) is 0 Å². The molecule has 0 fully saturated rings. The van der Waals surface area contributed by atoms with Gasteiger partial charge in [0.15, 0.2) is 0 Å². The normalized spacial score (nSPS) is 11.5. The highest BCUT2D eigenvalue weighted by Crippen LogP contribution is 2.40. The summed E-state index contributed by atoms with van der Waals surface area (Å²) in [4.78, 5) is 28.4. The minimum atomic E-state index is -0.420. The molecule has 0 aliphatic rings. The minimum Gasteiger partial charge on any atom is -0.506 e. The van der Waals surface area contributed by atoms with Gasteiger partial charge in [-0.15, -0.1) is 22.7 Å². The molecule has 3 aromatic rings. The van der Waals surface area contributed by atoms with Crippen LogP contribution in [0.5, 0.6) is 5.75 Å². The van der Waals surface area contributed by atoms with Crippen molar-refractivity contribution in [1.29, 1.82) is 0 Å². The molecule has 10 heteroatoms. The predicted molar refractivity (Wildman–Crippen MR) is 137 cm³/mol. The van der Waals surface area contributed by atoms with E-state index in [1.54, 1.807) is 47.5 Å². The molecule has 0 aliphatic carbocycles. The summed E-state index contributed by atoms with van der Waals surface area (Å²) in [6.07, 6.45) is 0.870. The third-order valence-electron chi connectivity index (χ3n) is 4.86. The topological polar surface area (TPSA) is 82.0 Å². The van der Waals surface area contributed by atoms with E-state index in [9.17, 15) is 14.7 Å². The van der Waals surface area contributed by atoms with Crippen LogP contribution in [0.1, 0.15) is 52.1 Å². The van der Waals surface area contributed by atoms with Crippen LogP contribution in [0.3, 0.4) is 0 Å². The number of hydrogen-bond donors (Lipinski definition) is 2. The number of thiophene rings is 2. The Hall–Kier alpha value is -2.39. The Bertz CT molecular complexity index is 1200. The average molecular weight is 524 g/mol. The Kier molecular flexibility index (Phi) is 8.53. The van der Waals surface area contributed by atoms with Crippen molar-refractivity contribution in [3.8, 4) is 16.2 Å². The summed E-state index contributed by atoms with van der Waals surface area (Å²) in [5.41, 5.74) is 4.17. The van der Waals surface area contributed by atoms with E-state index in [2.05, 4.69) is 10.5 Å². The average Bonchev–Trinajstić information content (AvgIpc) is 3.44. The van der Waals surface area contributed by atoms with Crippen LogP contribution in [-0.4, -0.2) is 40.6 Å². The first-order valence-corrected chi connectivity index (χ1v) is 12.7. The number of hydrazone groups is 1. The second kappa shape index (κ2) is 11.2. The number of carbonyl (C=O) groups is 2. The van der Waals surface area contributed by atoms with Gasteiger partial charge in [-0.2, -0.15) is 5.10 Å². The summed E-state index contributed by atoms with van der Waals surface area (Å²) in [6.45, 7) is 6.92. The standard InChI is InChI=1S/C23H23Cl2N3O3S2/c1-4-10-28(5-2)23(31)19-9-8-18(33-19)22(30)27-26-13(3)15-12-32-21(20(15)29)14-6-7-16(24)17(25)11-14/h6-9,11-12,29H,4-5,10H2,1-3H3,(H,27,30)/b26-13+. The Labute approximate surface area is 210 Å². The maximum atomic E-state index is 12.6. The monoisotopic (exact) mass is 523 g/mol. The maximum absolute atomic E-state index is 12.6. The highest BCUT2D eigenvalue weighted by atomic mass is 35.5. The predicted octanol–water partition coefficient (Wildman–Crippen LogP) is 6.52. The zero-order valence-electron chi connectivity index (χ0n) is 18.3. The SMILES string of the molecule is CCCN(CC)C(=O)c1ccc(C(=O)N/N=C(\C)c2csc(-c3ccc(Cl)c(Cl)c3)c2O)s1. The van der Waals surface area contributed by atoms with E-state index in [-0.39, 0.29) is 11.7 Å². The minimum absolute atomic E-state index is 0.0495. The molecular formula is C23H23Cl2N3O3S2. The lowest BCUT2D eigenvalue weighted by atomic mass is 10.1. The van der Waals surface area contributed by atoms with E-state index in [1.165, 1.54) is 11.3 Å². The van der Waals surface area contributed by atoms with Crippen molar-refractivity contribution in [2.75, 3.05) is 13.1 Å². The lowest BCUT2D eigenvalue weighted by molar-refractivity contribution is 0.0769. The van der Waals surface area contributed by atoms with E-state index in [0.717, 1.165) is 23.3 Å². The number of nitrogens with zero attached hydrogens (tertiary/aromatic N) is 2. The zero-order chi connectivity index (χ0) is 24.1. The van der Waals surface area contributed by atoms with Gasteiger partial charge < -0.3 is 10.0 Å². The number of amides is 2. The quantitative estimate of drug-likeness (QED) is 0.260. The molecule has 0 atom stereocenters. The molecule has 2 N–H and O–H groups in total. The highest BCUT2D eigenvalue weighted by molar-refractivity contribution is 7.16. The molecule has 174 valence electrons. The fourth-order valence-corrected chi connectivity index (χ4v) is 5.27. The molecule has 0 spiro atoms. The van der Waals surface area contributed by atoms with Gasteiger partial charge in [0.05, 0.1) is 36.0 Å². The van der Waals surface area contributed by atoms with Crippen molar-refractivity contribution >= 4 is 63.4 Å². The van der Waals surface area contributed by atoms with Crippen LogP contribution < -0.4 is 5.43 Å². The molecule has 0 saturated carbocycles. The molecule has 0 aliphatic heterocycles. The first-order valence-electron chi connectivity index (χ1n) is 10.3. The Morgan fingerprint density at radius 2 is 1.85 bits per heavy atom. The number of halogens is 2. The lowest BCUT2D eigenvalue weighted by Gasteiger charge is -2.18. The Morgan fingerprint density at radius 1 is 1.12 bits per heavy atom. The van der Waals surface area contributed by atoms with Crippen LogP contribution in [-0.2, 0) is 0 Å². The lowest BCUT2D eigenvalue weighted by Crippen LogP contribution is -2.30. The van der Waals surface area contributed by atoms with Gasteiger partial charge in [0.25, 0.3) is 11.8 Å². The summed E-state index contributed by atoms with van der Waals surface area (Å²) in [5.74, 6) is -0.453. The molecular weight excluding hydrogens is 501 g/mol. The summed E-state index contributed by atoms with van der Waals surface area (Å²) < 4.78 is 0. The largest absolute Gasteiger partial charge is 0.506 e. The van der Waals surface area contributed by atoms with Crippen LogP contribution >= 0.6 is 45.9 Å². The first-order chi connectivity index (χ1) is 15.8. The zero-order valence-corrected chi connectivity index (χ0v) is 21.5. The van der Waals surface area contributed by atoms with E-state index in [0.29, 0.717) is 49.0 Å². The number of hydrogen-bond acceptors (Lipinski definition) is 6. The fourth-order valence-electron chi connectivity index (χ4n) is 3.10. The fraction of sp³-hybridized carbons (Fsp3) is 0.261. The van der Waals surface area contributed by atoms with Crippen molar-refractivity contribution in [3.63, 3.8) is 0 Å². The maximum Gasteiger partial charge on any atom is 0.281 e. The summed E-state index contributed by atoms with van der Waals surface area (Å²) in [5, 5.41) is 17.4. The van der Waals surface area contributed by atoms with Crippen molar-refractivity contribution in [3.05, 3.63) is 61.1 Å². The number of aromatic hydroxyl groups is 1. The molecule has 0 bridgehead atoms. The Morgan fingerprint density at radius 3 is 2.52 bits per heavy atom. The molecule has 1 aromatic carbocycles. The molecule has 0 radical (unpaired) electrons. The van der Waals surface area contributed by atoms with Crippen LogP contribution in [0.2, 0.25) is 10.0 Å². The summed E-state index contributed by atoms with van der Waals surface area (Å²) >= 11 is 14.5. The van der Waals surface area contributed by atoms with E-state index >= 15 is 0 Å². The van der Waals surface area contributed by atoms with E-state index in [4.69, 9.17) is 23.2 Å². The van der Waals surface area contributed by atoms with Crippen LogP contribution in [0.4, 0.5) is 0 Å². The number of carbonyl (C=O) groups excluding carboxylic acids is 2. The van der Waals surface area contributed by atoms with Crippen LogP contribution in [0.15, 0.2) is 40.8 Å². The molecule has 33 heavy (non-hydrogen) atoms. The molecule has 0 saturated heterocycles. The third kappa shape index (κ3) is 5.76. The van der Waals surface area contributed by atoms with Gasteiger partial charge in [-0.05, 0) is 50.1 Å². The molecule has 6 nitrogen and oxygen atoms in total. The van der Waals surface area contributed by atoms with Gasteiger partial charge in [0.1, 0.15) is 5.75 Å². The second-order valence-electron chi connectivity index (χ2n) is 7.14. The van der Waals surface area contributed by atoms with Gasteiger partial charge in [0, 0.05) is 18.5 Å². The number of rotatable bonds is 8. The van der Waals surface area contributed by atoms with Crippen molar-refractivity contribution in [2.45, 2.75) is 27.2 Å². The van der Waals surface area contributed by atoms with Gasteiger partial charge in [-0.1, -0.05) is 36.2 Å². The smallest absolute Gasteiger partial charge is 0.281 e. The summed E-state index contributed by atoms with van der Waals surface area (Å²) in [6, 6.07) is 8.39. The van der Waals surface area contributed by atoms with Gasteiger partial charge in [-0.3, -0.25) is 9.59 Å². The molecule has 2 amide bonds. The molecule has 0 unspecified atom stereocenters. The molecule has 3 rings (SSSR count). The molecule has 2 aromatic heterocycles. The summed E-state index contributed by atoms with van der Waals surface area (Å²) in [7, 11) is 0. The van der Waals surface area contributed by atoms with E-state index in [1.807, 2.05) is 13.8 Å². The highest BCUT2D eigenvalue weighted by Gasteiger charge is 2.19. The van der Waals surface area contributed by atoms with E-state index < -0.39 is 5.91 Å².